The molecule has 0 bridgehead atoms. The molecule has 0 fully saturated rings. The van der Waals surface area contributed by atoms with Gasteiger partial charge >= 0.3 is 0 Å². The fraction of sp³-hybridized carbons (Fsp3) is 0.750. The van der Waals surface area contributed by atoms with Crippen LogP contribution in [-0.4, -0.2) is 20.6 Å². The molecule has 50 valence electrons. The molecule has 9 heavy (non-hydrogen) atoms. The molecule has 1 aromatic rings. The minimum atomic E-state index is -0.0799. The number of aromatic amines is 1. The predicted molar refractivity (Wildman–Crippen MR) is 31.4 cm³/mol. The molecular formula is C4H9N5. The summed E-state index contributed by atoms with van der Waals surface area (Å²) in [4.78, 5) is 0. The highest BCUT2D eigenvalue weighted by Gasteiger charge is 2.05. The minimum Gasteiger partial charge on any atom is -0.321 e. The van der Waals surface area contributed by atoms with Crippen LogP contribution in [0.2, 0.25) is 0 Å². The van der Waals surface area contributed by atoms with Gasteiger partial charge in [0.25, 0.3) is 0 Å². The van der Waals surface area contributed by atoms with Gasteiger partial charge in [-0.3, -0.25) is 0 Å². The van der Waals surface area contributed by atoms with E-state index in [2.05, 4.69) is 20.6 Å². The van der Waals surface area contributed by atoms with Gasteiger partial charge in [0.1, 0.15) is 0 Å². The summed E-state index contributed by atoms with van der Waals surface area (Å²) in [6.45, 7) is 1.97. The number of nitrogens with zero attached hydrogens (tertiary/aromatic N) is 3. The quantitative estimate of drug-likeness (QED) is 0.567. The van der Waals surface area contributed by atoms with Crippen molar-refractivity contribution in [1.29, 1.82) is 0 Å². The Morgan fingerprint density at radius 1 is 1.78 bits per heavy atom. The molecule has 0 saturated heterocycles. The number of tetrazole rings is 1. The van der Waals surface area contributed by atoms with E-state index in [1.54, 1.807) is 0 Å². The van der Waals surface area contributed by atoms with Crippen LogP contribution in [0.25, 0.3) is 0 Å². The van der Waals surface area contributed by atoms with Crippen molar-refractivity contribution < 1.29 is 0 Å². The molecule has 0 aliphatic carbocycles. The molecule has 0 aliphatic heterocycles. The van der Waals surface area contributed by atoms with Crippen molar-refractivity contribution in [3.8, 4) is 0 Å². The summed E-state index contributed by atoms with van der Waals surface area (Å²) in [6, 6.07) is -0.0799. The number of hydrogen-bond donors (Lipinski definition) is 2. The maximum Gasteiger partial charge on any atom is 0.191 e. The Morgan fingerprint density at radius 2 is 2.56 bits per heavy atom. The molecule has 1 heterocycles. The van der Waals surface area contributed by atoms with E-state index >= 15 is 0 Å². The van der Waals surface area contributed by atoms with Crippen LogP contribution < -0.4 is 5.73 Å². The van der Waals surface area contributed by atoms with E-state index in [1.807, 2.05) is 6.92 Å². The lowest BCUT2D eigenvalue weighted by molar-refractivity contribution is 0.650. The first-order valence-electron chi connectivity index (χ1n) is 2.83. The second-order valence-electron chi connectivity index (χ2n) is 1.78. The van der Waals surface area contributed by atoms with Crippen LogP contribution in [0.3, 0.4) is 0 Å². The lowest BCUT2D eigenvalue weighted by Crippen LogP contribution is -2.10. The Hall–Kier alpha value is -0.970. The number of rotatable bonds is 2. The summed E-state index contributed by atoms with van der Waals surface area (Å²) in [5, 5.41) is 13.1. The van der Waals surface area contributed by atoms with E-state index in [-0.39, 0.29) is 6.04 Å². The maximum absolute atomic E-state index is 5.55. The van der Waals surface area contributed by atoms with Crippen molar-refractivity contribution in [3.05, 3.63) is 5.82 Å². The van der Waals surface area contributed by atoms with E-state index in [9.17, 15) is 0 Å². The lowest BCUT2D eigenvalue weighted by atomic mass is 10.2. The highest BCUT2D eigenvalue weighted by molar-refractivity contribution is 4.84. The molecule has 0 amide bonds. The van der Waals surface area contributed by atoms with E-state index in [0.29, 0.717) is 5.82 Å². The minimum absolute atomic E-state index is 0.0799. The van der Waals surface area contributed by atoms with Crippen LogP contribution in [0.15, 0.2) is 0 Å². The molecule has 5 heteroatoms. The molecule has 0 unspecified atom stereocenters. The van der Waals surface area contributed by atoms with Crippen LogP contribution in [0.4, 0.5) is 0 Å². The average Bonchev–Trinajstić information content (AvgIpc) is 2.37. The molecule has 0 aliphatic rings. The fourth-order valence-electron chi connectivity index (χ4n) is 0.509. The van der Waals surface area contributed by atoms with Gasteiger partial charge in [-0.25, -0.2) is 0 Å². The molecule has 1 rings (SSSR count). The first kappa shape index (κ1) is 6.15. The van der Waals surface area contributed by atoms with Gasteiger partial charge in [-0.1, -0.05) is 12.1 Å². The normalized spacial score (nSPS) is 13.6. The van der Waals surface area contributed by atoms with E-state index < -0.39 is 0 Å². The van der Waals surface area contributed by atoms with Crippen molar-refractivity contribution in [3.63, 3.8) is 0 Å². The van der Waals surface area contributed by atoms with Gasteiger partial charge in [-0.15, -0.1) is 10.2 Å². The van der Waals surface area contributed by atoms with Crippen molar-refractivity contribution >= 4 is 0 Å². The third kappa shape index (κ3) is 1.23. The molecule has 5 nitrogen and oxygen atoms in total. The highest BCUT2D eigenvalue weighted by Crippen LogP contribution is 2.03. The summed E-state index contributed by atoms with van der Waals surface area (Å²) in [5.41, 5.74) is 5.55. The van der Waals surface area contributed by atoms with E-state index in [1.165, 1.54) is 0 Å². The smallest absolute Gasteiger partial charge is 0.191 e. The molecule has 0 spiro atoms. The zero-order chi connectivity index (χ0) is 6.69. The summed E-state index contributed by atoms with van der Waals surface area (Å²) in [7, 11) is 0. The number of hydrogen-bond acceptors (Lipinski definition) is 4. The van der Waals surface area contributed by atoms with Gasteiger partial charge < -0.3 is 5.73 Å². The van der Waals surface area contributed by atoms with Gasteiger partial charge in [-0.2, -0.15) is 5.21 Å². The Labute approximate surface area is 52.6 Å². The van der Waals surface area contributed by atoms with Gasteiger partial charge in [0.15, 0.2) is 5.82 Å². The molecule has 1 atom stereocenters. The third-order valence-electron chi connectivity index (χ3n) is 1.13. The van der Waals surface area contributed by atoms with E-state index in [0.717, 1.165) is 6.42 Å². The highest BCUT2D eigenvalue weighted by atomic mass is 15.5. The van der Waals surface area contributed by atoms with Crippen LogP contribution in [0.5, 0.6) is 0 Å². The fourth-order valence-corrected chi connectivity index (χ4v) is 0.509. The molecule has 3 N–H and O–H groups in total. The molecule has 0 radical (unpaired) electrons. The summed E-state index contributed by atoms with van der Waals surface area (Å²) in [5.74, 6) is 0.581. The number of nitrogens with two attached hydrogens (primary N) is 1. The standard InChI is InChI=1S/C4H9N5/c1-2-3(5)4-6-8-9-7-4/h3H,2,5H2,1H3,(H,6,7,8,9)/t3-/m1/s1. The SMILES string of the molecule is CC[C@@H](N)c1nn[nH]n1. The number of nitrogens with one attached hydrogen (secondary N) is 1. The Kier molecular flexibility index (Phi) is 1.74. The van der Waals surface area contributed by atoms with Crippen molar-refractivity contribution in [1.82, 2.24) is 20.6 Å². The zero-order valence-electron chi connectivity index (χ0n) is 5.20. The topological polar surface area (TPSA) is 80.5 Å². The monoisotopic (exact) mass is 127 g/mol. The largest absolute Gasteiger partial charge is 0.321 e. The van der Waals surface area contributed by atoms with Crippen LogP contribution in [0.1, 0.15) is 25.2 Å². The first-order chi connectivity index (χ1) is 4.34. The molecule has 0 aromatic carbocycles. The second-order valence-corrected chi connectivity index (χ2v) is 1.78. The Morgan fingerprint density at radius 3 is 3.00 bits per heavy atom. The summed E-state index contributed by atoms with van der Waals surface area (Å²) < 4.78 is 0. The van der Waals surface area contributed by atoms with Crippen LogP contribution in [-0.2, 0) is 0 Å². The molecular weight excluding hydrogens is 118 g/mol. The predicted octanol–water partition coefficient (Wildman–Crippen LogP) is -0.391. The van der Waals surface area contributed by atoms with Crippen molar-refractivity contribution in [2.75, 3.05) is 0 Å². The second kappa shape index (κ2) is 2.54. The van der Waals surface area contributed by atoms with Crippen molar-refractivity contribution in [2.45, 2.75) is 19.4 Å². The van der Waals surface area contributed by atoms with Crippen LogP contribution in [0, 0.1) is 0 Å². The zero-order valence-corrected chi connectivity index (χ0v) is 5.20. The Bertz CT molecular complexity index is 157. The van der Waals surface area contributed by atoms with Gasteiger partial charge in [0.2, 0.25) is 0 Å². The van der Waals surface area contributed by atoms with Gasteiger partial charge in [0.05, 0.1) is 6.04 Å². The average molecular weight is 127 g/mol. The Balaban J connectivity index is 2.65. The van der Waals surface area contributed by atoms with Crippen molar-refractivity contribution in [2.24, 2.45) is 5.73 Å². The summed E-state index contributed by atoms with van der Waals surface area (Å²) >= 11 is 0. The maximum atomic E-state index is 5.55. The first-order valence-corrected chi connectivity index (χ1v) is 2.83. The van der Waals surface area contributed by atoms with Gasteiger partial charge in [0, 0.05) is 0 Å². The van der Waals surface area contributed by atoms with Gasteiger partial charge in [-0.05, 0) is 6.42 Å². The molecule has 1 aromatic heterocycles. The number of H-pyrrole nitrogens is 1. The third-order valence-corrected chi connectivity index (χ3v) is 1.13. The molecule has 0 saturated carbocycles. The number of aromatic nitrogens is 4. The summed E-state index contributed by atoms with van der Waals surface area (Å²) in [6.07, 6.45) is 0.833. The lowest BCUT2D eigenvalue weighted by Gasteiger charge is -1.98. The van der Waals surface area contributed by atoms with Crippen LogP contribution >= 0.6 is 0 Å². The van der Waals surface area contributed by atoms with E-state index in [4.69, 9.17) is 5.73 Å².